The molecule has 3 unspecified atom stereocenters. The number of allylic oxidation sites excluding steroid dienone is 2. The van der Waals surface area contributed by atoms with Crippen LogP contribution in [-0.4, -0.2) is 122 Å². The highest BCUT2D eigenvalue weighted by Gasteiger charge is 2.32. The standard InChI is InChI=1S/C55H50N16O17S2/c1-12-29-51-69-36(26(10)87-51)47(81)59-22(6)41(75)60-23(7)50-65-32(16-86-50)38-28(14-15-31(62-38)43(77)58-21(5)40(74)56-19(3)39(73)57-20(4)42(76)61-24(8)55(84)85)53-66-34(17-89-53)45(79)68-35(25(9)72)46(80)64-30(13-2)52-70-37(27(11)88-52)48(82)71-49(83)54-67-33(18-90-54)44(78)63-29/h12-18,25,35,49,72,83H,3-8H2,1-2,9-11H3,(H,56,74)(H,57,73)(H,58,77)(H,59,81)(H,60,75)(H,61,76)(H,63,78)(H,64,80)(H,68,79)(H,71,82)(H,84,85)/b29-12-,30-13-. The Morgan fingerprint density at radius 2 is 1.16 bits per heavy atom. The molecule has 10 bridgehead atoms. The van der Waals surface area contributed by atoms with E-state index in [9.17, 15) is 63.0 Å². The van der Waals surface area contributed by atoms with Crippen molar-refractivity contribution in [2.75, 3.05) is 0 Å². The fourth-order valence-corrected chi connectivity index (χ4v) is 8.85. The maximum Gasteiger partial charge on any atom is 0.351 e. The van der Waals surface area contributed by atoms with E-state index in [0.29, 0.717) is 0 Å². The van der Waals surface area contributed by atoms with Gasteiger partial charge < -0.3 is 81.7 Å². The van der Waals surface area contributed by atoms with Crippen LogP contribution >= 0.6 is 22.7 Å². The molecule has 1 aliphatic heterocycles. The molecule has 6 aromatic heterocycles. The summed E-state index contributed by atoms with van der Waals surface area (Å²) in [7, 11) is 0. The van der Waals surface area contributed by atoms with Crippen LogP contribution in [0.4, 0.5) is 0 Å². The van der Waals surface area contributed by atoms with E-state index in [4.69, 9.17) is 18.4 Å². The van der Waals surface area contributed by atoms with Gasteiger partial charge in [0.15, 0.2) is 17.6 Å². The van der Waals surface area contributed by atoms with Crippen molar-refractivity contribution in [1.29, 1.82) is 0 Å². The van der Waals surface area contributed by atoms with Crippen molar-refractivity contribution in [1.82, 2.24) is 83.1 Å². The first kappa shape index (κ1) is 65.6. The molecular formula is C55H50N16O17S2. The van der Waals surface area contributed by atoms with E-state index >= 15 is 0 Å². The molecule has 3 atom stereocenters. The Hall–Kier alpha value is -11.9. The molecule has 7 rings (SSSR count). The Morgan fingerprint density at radius 3 is 1.74 bits per heavy atom. The van der Waals surface area contributed by atoms with Gasteiger partial charge in [-0.05, 0) is 46.8 Å². The maximum absolute atomic E-state index is 13.9. The van der Waals surface area contributed by atoms with Gasteiger partial charge in [0, 0.05) is 16.3 Å². The van der Waals surface area contributed by atoms with E-state index < -0.39 is 118 Å². The molecule has 90 heavy (non-hydrogen) atoms. The predicted molar refractivity (Wildman–Crippen MR) is 314 cm³/mol. The number of nitrogens with zero attached hydrogens (tertiary/aromatic N) is 6. The fourth-order valence-electron chi connectivity index (χ4n) is 7.29. The molecule has 0 saturated heterocycles. The summed E-state index contributed by atoms with van der Waals surface area (Å²) in [6.45, 7) is 27.7. The first-order chi connectivity index (χ1) is 42.5. The molecule has 0 fully saturated rings. The smallest absolute Gasteiger partial charge is 0.351 e. The number of hydrogen-bond donors (Lipinski definition) is 13. The zero-order chi connectivity index (χ0) is 66.2. The number of fused-ring (bicyclic) bond motifs is 13. The Bertz CT molecular complexity index is 4190. The molecule has 33 nitrogen and oxygen atoms in total. The fraction of sp³-hybridized carbons (Fsp3) is 0.145. The number of oxazole rings is 3. The lowest BCUT2D eigenvalue weighted by Crippen LogP contribution is -2.52. The molecule has 7 heterocycles. The molecule has 0 spiro atoms. The van der Waals surface area contributed by atoms with Gasteiger partial charge in [0.05, 0.1) is 40.3 Å². The van der Waals surface area contributed by atoms with Crippen LogP contribution in [0.3, 0.4) is 0 Å². The van der Waals surface area contributed by atoms with Crippen LogP contribution in [0.2, 0.25) is 0 Å². The number of aromatic nitrogens is 6. The second kappa shape index (κ2) is 27.6. The average Bonchev–Trinajstić information content (AvgIpc) is 1.62. The number of nitrogens with one attached hydrogen (secondary N) is 10. The minimum absolute atomic E-state index is 0.0250. The molecule has 464 valence electrons. The highest BCUT2D eigenvalue weighted by Crippen LogP contribution is 2.34. The third kappa shape index (κ3) is 15.2. The maximum atomic E-state index is 13.9. The average molecular weight is 1270 g/mol. The number of carbonyl (C=O) groups is 11. The van der Waals surface area contributed by atoms with Gasteiger partial charge in [-0.3, -0.25) is 47.9 Å². The highest BCUT2D eigenvalue weighted by atomic mass is 32.1. The summed E-state index contributed by atoms with van der Waals surface area (Å²) in [6.07, 6.45) is 0.424. The molecule has 0 radical (unpaired) electrons. The number of carboxylic acid groups (broad SMARTS) is 1. The number of aryl methyl sites for hydroxylation is 2. The van der Waals surface area contributed by atoms with Gasteiger partial charge in [-0.25, -0.2) is 34.7 Å². The first-order valence-corrected chi connectivity index (χ1v) is 27.3. The molecule has 10 amide bonds. The van der Waals surface area contributed by atoms with Crippen LogP contribution < -0.4 is 53.2 Å². The van der Waals surface area contributed by atoms with Crippen molar-refractivity contribution in [3.8, 4) is 22.0 Å². The molecule has 6 aromatic rings. The van der Waals surface area contributed by atoms with Crippen LogP contribution in [0.1, 0.15) is 114 Å². The second-order valence-electron chi connectivity index (χ2n) is 18.4. The number of amides is 10. The molecule has 0 aromatic carbocycles. The second-order valence-corrected chi connectivity index (χ2v) is 20.2. The molecule has 35 heteroatoms. The number of rotatable bonds is 10. The van der Waals surface area contributed by atoms with E-state index in [1.165, 1.54) is 63.6 Å². The van der Waals surface area contributed by atoms with E-state index in [0.717, 1.165) is 35.0 Å². The Labute approximate surface area is 514 Å². The number of aliphatic carboxylic acids is 1. The summed E-state index contributed by atoms with van der Waals surface area (Å²) in [5.41, 5.74) is -5.69. The lowest BCUT2D eigenvalue weighted by molar-refractivity contribution is -0.134. The van der Waals surface area contributed by atoms with Crippen LogP contribution in [0, 0.1) is 13.8 Å². The van der Waals surface area contributed by atoms with Crippen molar-refractivity contribution >= 4 is 105 Å². The minimum Gasteiger partial charge on any atom is -0.477 e. The molecule has 13 N–H and O–H groups in total. The largest absolute Gasteiger partial charge is 0.477 e. The Balaban J connectivity index is 1.18. The third-order valence-electron chi connectivity index (χ3n) is 11.9. The predicted octanol–water partition coefficient (Wildman–Crippen LogP) is 1.34. The molecule has 0 aliphatic carbocycles. The summed E-state index contributed by atoms with van der Waals surface area (Å²) < 4.78 is 17.0. The quantitative estimate of drug-likeness (QED) is 0.0861. The normalized spacial score (nSPS) is 16.4. The van der Waals surface area contributed by atoms with Crippen molar-refractivity contribution in [2.24, 2.45) is 0 Å². The summed E-state index contributed by atoms with van der Waals surface area (Å²) in [4.78, 5) is 170. The number of carbonyl (C=O) groups excluding carboxylic acids is 10. The van der Waals surface area contributed by atoms with Gasteiger partial charge >= 0.3 is 5.97 Å². The van der Waals surface area contributed by atoms with Gasteiger partial charge in [0.25, 0.3) is 53.2 Å². The summed E-state index contributed by atoms with van der Waals surface area (Å²) in [5, 5.41) is 55.8. The minimum atomic E-state index is -1.79. The molecule has 0 saturated carbocycles. The number of thiazole rings is 2. The van der Waals surface area contributed by atoms with Gasteiger partial charge in [0.2, 0.25) is 23.6 Å². The van der Waals surface area contributed by atoms with Crippen LogP contribution in [0.15, 0.2) is 123 Å². The zero-order valence-corrected chi connectivity index (χ0v) is 49.2. The third-order valence-corrected chi connectivity index (χ3v) is 13.7. The van der Waals surface area contributed by atoms with Crippen LogP contribution in [0.5, 0.6) is 0 Å². The lowest BCUT2D eigenvalue weighted by Gasteiger charge is -2.20. The van der Waals surface area contributed by atoms with Gasteiger partial charge in [0.1, 0.15) is 73.7 Å². The van der Waals surface area contributed by atoms with E-state index in [1.807, 2.05) is 10.6 Å². The number of aliphatic hydroxyl groups is 2. The van der Waals surface area contributed by atoms with Gasteiger partial charge in [-0.15, -0.1) is 22.7 Å². The van der Waals surface area contributed by atoms with E-state index in [2.05, 4.69) is 112 Å². The van der Waals surface area contributed by atoms with Gasteiger partial charge in [-0.2, -0.15) is 0 Å². The molecule has 1 aliphatic rings. The summed E-state index contributed by atoms with van der Waals surface area (Å²) in [6, 6.07) is 0.791. The Morgan fingerprint density at radius 1 is 0.611 bits per heavy atom. The van der Waals surface area contributed by atoms with Gasteiger partial charge in [-0.1, -0.05) is 51.6 Å². The van der Waals surface area contributed by atoms with Crippen molar-refractivity contribution < 1.29 is 81.3 Å². The number of hydrogen-bond acceptors (Lipinski definition) is 24. The highest BCUT2D eigenvalue weighted by molar-refractivity contribution is 7.13. The zero-order valence-electron chi connectivity index (χ0n) is 47.6. The summed E-state index contributed by atoms with van der Waals surface area (Å²) in [5.74, 6) is -13.0. The van der Waals surface area contributed by atoms with E-state index in [-0.39, 0.29) is 96.0 Å². The number of carboxylic acids is 1. The SMILES string of the molecule is C=C(NC(=O)C(=C)NC(=O)C(=C)NC(=O)C(=C)NC(=O)c1ccc2c(n1)-c1coc(n1)C(=C)NC(=O)C(=C)NC(=O)c1nc(oc1C)/C(=C/C)NC(=O)c1csc(n1)C(O)NC(=O)c1nc(oc1C)/C(=C/C)NC(=O)C(C(C)O)NC(=O)c1csc-2n1)C(=O)O. The first-order valence-electron chi connectivity index (χ1n) is 25.5. The molecular weight excluding hydrogens is 1220 g/mol. The number of pyridine rings is 1. The van der Waals surface area contributed by atoms with Crippen molar-refractivity contribution in [3.63, 3.8) is 0 Å². The summed E-state index contributed by atoms with van der Waals surface area (Å²) >= 11 is 1.67. The van der Waals surface area contributed by atoms with E-state index in [1.54, 1.807) is 0 Å². The Kier molecular flexibility index (Phi) is 20.1. The lowest BCUT2D eigenvalue weighted by atomic mass is 10.1. The number of aliphatic hydroxyl groups excluding tert-OH is 2. The van der Waals surface area contributed by atoms with Crippen LogP contribution in [0.25, 0.3) is 39.1 Å². The van der Waals surface area contributed by atoms with Crippen LogP contribution in [-0.2, 0) is 28.8 Å². The van der Waals surface area contributed by atoms with Crippen molar-refractivity contribution in [3.05, 3.63) is 172 Å². The van der Waals surface area contributed by atoms with Crippen molar-refractivity contribution in [2.45, 2.75) is 53.0 Å². The topological polar surface area (TPSA) is 486 Å². The monoisotopic (exact) mass is 1270 g/mol.